The summed E-state index contributed by atoms with van der Waals surface area (Å²) in [5.41, 5.74) is 5.19. The standard InChI is InChI=1S/C24H22ClN3O2S/c1-15-10-19-21(11-16(15)2)28(24(30)12-20(27-19)22-4-3-9-31-22)14-23(29)26-13-17-5-7-18(25)8-6-17/h3-11H,12-14H2,1-2H3,(H,26,29). The lowest BCUT2D eigenvalue weighted by Crippen LogP contribution is -2.41. The molecule has 1 aliphatic heterocycles. The van der Waals surface area contributed by atoms with Crippen molar-refractivity contribution in [1.29, 1.82) is 0 Å². The van der Waals surface area contributed by atoms with E-state index in [0.29, 0.717) is 22.9 Å². The average Bonchev–Trinajstić information content (AvgIpc) is 3.24. The van der Waals surface area contributed by atoms with Crippen molar-refractivity contribution in [3.63, 3.8) is 0 Å². The summed E-state index contributed by atoms with van der Waals surface area (Å²) in [4.78, 5) is 33.2. The molecule has 7 heteroatoms. The van der Waals surface area contributed by atoms with E-state index in [-0.39, 0.29) is 24.8 Å². The number of rotatable bonds is 5. The van der Waals surface area contributed by atoms with Crippen molar-refractivity contribution in [2.75, 3.05) is 11.4 Å². The predicted octanol–water partition coefficient (Wildman–Crippen LogP) is 5.19. The summed E-state index contributed by atoms with van der Waals surface area (Å²) in [6.45, 7) is 4.32. The lowest BCUT2D eigenvalue weighted by Gasteiger charge is -2.23. The Balaban J connectivity index is 1.58. The Hall–Kier alpha value is -2.96. The van der Waals surface area contributed by atoms with Gasteiger partial charge in [0, 0.05) is 16.4 Å². The second kappa shape index (κ2) is 9.04. The van der Waals surface area contributed by atoms with E-state index in [1.807, 2.05) is 55.6 Å². The van der Waals surface area contributed by atoms with Gasteiger partial charge in [-0.1, -0.05) is 29.8 Å². The lowest BCUT2D eigenvalue weighted by molar-refractivity contribution is -0.123. The number of thiophene rings is 1. The lowest BCUT2D eigenvalue weighted by atomic mass is 10.1. The van der Waals surface area contributed by atoms with Gasteiger partial charge in [-0.3, -0.25) is 9.59 Å². The zero-order chi connectivity index (χ0) is 22.0. The highest BCUT2D eigenvalue weighted by atomic mass is 35.5. The fraction of sp³-hybridized carbons (Fsp3) is 0.208. The summed E-state index contributed by atoms with van der Waals surface area (Å²) < 4.78 is 0. The minimum absolute atomic E-state index is 0.0604. The molecule has 0 saturated heterocycles. The van der Waals surface area contributed by atoms with Gasteiger partial charge in [-0.2, -0.15) is 0 Å². The van der Waals surface area contributed by atoms with E-state index in [1.54, 1.807) is 28.4 Å². The molecule has 0 saturated carbocycles. The van der Waals surface area contributed by atoms with Crippen LogP contribution in [-0.2, 0) is 16.1 Å². The SMILES string of the molecule is Cc1cc2c(cc1C)N(CC(=O)NCc1ccc(Cl)cc1)C(=O)CC(c1cccs1)=N2. The monoisotopic (exact) mass is 451 g/mol. The number of anilines is 1. The molecule has 5 nitrogen and oxygen atoms in total. The fourth-order valence-electron chi connectivity index (χ4n) is 3.41. The highest BCUT2D eigenvalue weighted by molar-refractivity contribution is 7.12. The molecule has 0 bridgehead atoms. The highest BCUT2D eigenvalue weighted by Crippen LogP contribution is 2.36. The summed E-state index contributed by atoms with van der Waals surface area (Å²) in [6, 6.07) is 15.1. The van der Waals surface area contributed by atoms with Gasteiger partial charge in [0.15, 0.2) is 0 Å². The van der Waals surface area contributed by atoms with Crippen molar-refractivity contribution in [1.82, 2.24) is 5.32 Å². The van der Waals surface area contributed by atoms with Gasteiger partial charge in [-0.05, 0) is 66.2 Å². The van der Waals surface area contributed by atoms with Crippen LogP contribution in [0.15, 0.2) is 58.9 Å². The average molecular weight is 452 g/mol. The first-order valence-corrected chi connectivity index (χ1v) is 11.2. The van der Waals surface area contributed by atoms with Crippen molar-refractivity contribution in [2.24, 2.45) is 4.99 Å². The normalized spacial score (nSPS) is 13.5. The van der Waals surface area contributed by atoms with Crippen molar-refractivity contribution in [3.05, 3.63) is 80.5 Å². The second-order valence-electron chi connectivity index (χ2n) is 7.52. The van der Waals surface area contributed by atoms with Crippen LogP contribution in [0.1, 0.15) is 28.0 Å². The third-order valence-electron chi connectivity index (χ3n) is 5.27. The molecular formula is C24H22ClN3O2S. The van der Waals surface area contributed by atoms with Crippen molar-refractivity contribution in [2.45, 2.75) is 26.8 Å². The number of halogens is 1. The molecule has 2 amide bonds. The third kappa shape index (κ3) is 4.86. The van der Waals surface area contributed by atoms with Gasteiger partial charge < -0.3 is 10.2 Å². The maximum atomic E-state index is 13.2. The fourth-order valence-corrected chi connectivity index (χ4v) is 4.25. The topological polar surface area (TPSA) is 61.8 Å². The Labute approximate surface area is 190 Å². The van der Waals surface area contributed by atoms with E-state index in [2.05, 4.69) is 5.32 Å². The van der Waals surface area contributed by atoms with Gasteiger partial charge in [-0.25, -0.2) is 4.99 Å². The van der Waals surface area contributed by atoms with Crippen LogP contribution >= 0.6 is 22.9 Å². The molecular weight excluding hydrogens is 430 g/mol. The Bertz CT molecular complexity index is 1150. The largest absolute Gasteiger partial charge is 0.350 e. The zero-order valence-electron chi connectivity index (χ0n) is 17.3. The van der Waals surface area contributed by atoms with E-state index in [0.717, 1.165) is 27.3 Å². The van der Waals surface area contributed by atoms with Gasteiger partial charge in [0.05, 0.1) is 23.5 Å². The van der Waals surface area contributed by atoms with Crippen LogP contribution in [0.5, 0.6) is 0 Å². The number of benzene rings is 2. The first kappa shape index (κ1) is 21.3. The molecule has 3 aromatic rings. The van der Waals surface area contributed by atoms with E-state index < -0.39 is 0 Å². The molecule has 158 valence electrons. The van der Waals surface area contributed by atoms with E-state index in [1.165, 1.54) is 0 Å². The van der Waals surface area contributed by atoms with Crippen molar-refractivity contribution in [3.8, 4) is 0 Å². The van der Waals surface area contributed by atoms with Crippen LogP contribution < -0.4 is 10.2 Å². The van der Waals surface area contributed by atoms with Crippen molar-refractivity contribution >= 4 is 51.8 Å². The van der Waals surface area contributed by atoms with Crippen molar-refractivity contribution < 1.29 is 9.59 Å². The minimum Gasteiger partial charge on any atom is -0.350 e. The van der Waals surface area contributed by atoms with Gasteiger partial charge in [-0.15, -0.1) is 11.3 Å². The summed E-state index contributed by atoms with van der Waals surface area (Å²) >= 11 is 7.47. The Kier molecular flexibility index (Phi) is 6.20. The molecule has 1 N–H and O–H groups in total. The van der Waals surface area contributed by atoms with Gasteiger partial charge in [0.1, 0.15) is 6.54 Å². The van der Waals surface area contributed by atoms with Crippen LogP contribution in [0.25, 0.3) is 0 Å². The molecule has 0 unspecified atom stereocenters. The molecule has 4 rings (SSSR count). The number of hydrogen-bond donors (Lipinski definition) is 1. The number of nitrogens with zero attached hydrogens (tertiary/aromatic N) is 2. The van der Waals surface area contributed by atoms with Crippen LogP contribution in [-0.4, -0.2) is 24.1 Å². The molecule has 0 atom stereocenters. The van der Waals surface area contributed by atoms with Gasteiger partial charge in [0.2, 0.25) is 11.8 Å². The Morgan fingerprint density at radius 2 is 1.90 bits per heavy atom. The van der Waals surface area contributed by atoms with E-state index >= 15 is 0 Å². The quantitative estimate of drug-likeness (QED) is 0.580. The maximum absolute atomic E-state index is 13.2. The molecule has 0 radical (unpaired) electrons. The summed E-state index contributed by atoms with van der Waals surface area (Å²) in [5, 5.41) is 5.51. The molecule has 31 heavy (non-hydrogen) atoms. The number of carbonyl (C=O) groups is 2. The van der Waals surface area contributed by atoms with Gasteiger partial charge >= 0.3 is 0 Å². The van der Waals surface area contributed by atoms with Crippen LogP contribution in [0, 0.1) is 13.8 Å². The van der Waals surface area contributed by atoms with E-state index in [4.69, 9.17) is 16.6 Å². The minimum atomic E-state index is -0.230. The molecule has 2 aromatic carbocycles. The maximum Gasteiger partial charge on any atom is 0.240 e. The van der Waals surface area contributed by atoms with Crippen LogP contribution in [0.4, 0.5) is 11.4 Å². The third-order valence-corrected chi connectivity index (χ3v) is 6.44. The van der Waals surface area contributed by atoms with Crippen LogP contribution in [0.2, 0.25) is 5.02 Å². The molecule has 1 aromatic heterocycles. The van der Waals surface area contributed by atoms with Gasteiger partial charge in [0.25, 0.3) is 0 Å². The molecule has 2 heterocycles. The zero-order valence-corrected chi connectivity index (χ0v) is 18.9. The molecule has 1 aliphatic rings. The molecule has 0 fully saturated rings. The molecule has 0 spiro atoms. The predicted molar refractivity (Wildman–Crippen MR) is 127 cm³/mol. The number of aryl methyl sites for hydroxylation is 2. The Morgan fingerprint density at radius 3 is 2.61 bits per heavy atom. The molecule has 0 aliphatic carbocycles. The number of fused-ring (bicyclic) bond motifs is 1. The van der Waals surface area contributed by atoms with Crippen LogP contribution in [0.3, 0.4) is 0 Å². The first-order valence-electron chi connectivity index (χ1n) is 9.95. The first-order chi connectivity index (χ1) is 14.9. The summed E-state index contributed by atoms with van der Waals surface area (Å²) in [6.07, 6.45) is 0.151. The Morgan fingerprint density at radius 1 is 1.16 bits per heavy atom. The number of amides is 2. The number of aliphatic imine (C=N–C) groups is 1. The number of nitrogens with one attached hydrogen (secondary N) is 1. The smallest absolute Gasteiger partial charge is 0.240 e. The number of carbonyl (C=O) groups excluding carboxylic acids is 2. The summed E-state index contributed by atoms with van der Waals surface area (Å²) in [7, 11) is 0. The highest BCUT2D eigenvalue weighted by Gasteiger charge is 2.27. The number of hydrogen-bond acceptors (Lipinski definition) is 4. The summed E-state index contributed by atoms with van der Waals surface area (Å²) in [5.74, 6) is -0.372. The van der Waals surface area contributed by atoms with E-state index in [9.17, 15) is 9.59 Å². The second-order valence-corrected chi connectivity index (χ2v) is 8.90.